The van der Waals surface area contributed by atoms with Crippen LogP contribution in [0.1, 0.15) is 19.3 Å². The normalized spacial score (nSPS) is 16.7. The molecule has 0 N–H and O–H groups in total. The summed E-state index contributed by atoms with van der Waals surface area (Å²) in [6.07, 6.45) is 5.74. The molecule has 0 spiro atoms. The van der Waals surface area contributed by atoms with Crippen LogP contribution >= 0.6 is 15.9 Å². The summed E-state index contributed by atoms with van der Waals surface area (Å²) in [5, 5.41) is 0. The molecule has 1 heterocycles. The van der Waals surface area contributed by atoms with Gasteiger partial charge < -0.3 is 4.74 Å². The average molecular weight is 242 g/mol. The molecule has 2 rings (SSSR count). The summed E-state index contributed by atoms with van der Waals surface area (Å²) in [5.41, 5.74) is 0. The molecule has 13 heavy (non-hydrogen) atoms. The van der Waals surface area contributed by atoms with E-state index in [2.05, 4.69) is 20.9 Å². The number of rotatable bonds is 3. The minimum atomic E-state index is 0.723. The SMILES string of the molecule is Brc1ccnc(OCC2CCC2)c1. The van der Waals surface area contributed by atoms with E-state index in [1.807, 2.05) is 12.1 Å². The summed E-state index contributed by atoms with van der Waals surface area (Å²) in [6.45, 7) is 0.823. The summed E-state index contributed by atoms with van der Waals surface area (Å²) in [5.74, 6) is 1.49. The Morgan fingerprint density at radius 3 is 3.00 bits per heavy atom. The molecule has 2 nitrogen and oxygen atoms in total. The van der Waals surface area contributed by atoms with Crippen LogP contribution in [0.25, 0.3) is 0 Å². The van der Waals surface area contributed by atoms with Gasteiger partial charge in [-0.25, -0.2) is 4.98 Å². The van der Waals surface area contributed by atoms with Crippen LogP contribution in [-0.2, 0) is 0 Å². The highest BCUT2D eigenvalue weighted by atomic mass is 79.9. The Labute approximate surface area is 86.5 Å². The highest BCUT2D eigenvalue weighted by Gasteiger charge is 2.17. The van der Waals surface area contributed by atoms with Crippen LogP contribution in [0.2, 0.25) is 0 Å². The third kappa shape index (κ3) is 2.44. The second-order valence-corrected chi connectivity index (χ2v) is 4.34. The predicted molar refractivity (Wildman–Crippen MR) is 54.8 cm³/mol. The van der Waals surface area contributed by atoms with Crippen molar-refractivity contribution < 1.29 is 4.74 Å². The van der Waals surface area contributed by atoms with Gasteiger partial charge in [0.05, 0.1) is 6.61 Å². The molecule has 0 aliphatic heterocycles. The van der Waals surface area contributed by atoms with Crippen LogP contribution in [-0.4, -0.2) is 11.6 Å². The molecule has 1 aliphatic rings. The Hall–Kier alpha value is -0.570. The van der Waals surface area contributed by atoms with Gasteiger partial charge in [-0.2, -0.15) is 0 Å². The van der Waals surface area contributed by atoms with E-state index in [0.29, 0.717) is 0 Å². The van der Waals surface area contributed by atoms with E-state index in [4.69, 9.17) is 4.74 Å². The van der Waals surface area contributed by atoms with Gasteiger partial charge in [0.25, 0.3) is 0 Å². The largest absolute Gasteiger partial charge is 0.477 e. The number of nitrogens with zero attached hydrogens (tertiary/aromatic N) is 1. The van der Waals surface area contributed by atoms with E-state index in [1.165, 1.54) is 19.3 Å². The third-order valence-corrected chi connectivity index (χ3v) is 2.88. The maximum Gasteiger partial charge on any atom is 0.214 e. The first-order valence-electron chi connectivity index (χ1n) is 4.59. The molecule has 70 valence electrons. The molecule has 1 saturated carbocycles. The fourth-order valence-electron chi connectivity index (χ4n) is 1.33. The molecule has 0 amide bonds. The van der Waals surface area contributed by atoms with Gasteiger partial charge in [0, 0.05) is 16.7 Å². The van der Waals surface area contributed by atoms with Gasteiger partial charge in [-0.1, -0.05) is 22.4 Å². The van der Waals surface area contributed by atoms with Crippen LogP contribution in [0, 0.1) is 5.92 Å². The molecule has 0 radical (unpaired) electrons. The second kappa shape index (κ2) is 4.09. The molecular weight excluding hydrogens is 230 g/mol. The van der Waals surface area contributed by atoms with E-state index >= 15 is 0 Å². The summed E-state index contributed by atoms with van der Waals surface area (Å²) in [6, 6.07) is 3.80. The fourth-order valence-corrected chi connectivity index (χ4v) is 1.64. The summed E-state index contributed by atoms with van der Waals surface area (Å²) in [7, 11) is 0. The van der Waals surface area contributed by atoms with Crippen LogP contribution in [0.4, 0.5) is 0 Å². The highest BCUT2D eigenvalue weighted by molar-refractivity contribution is 9.10. The van der Waals surface area contributed by atoms with Crippen molar-refractivity contribution in [3.63, 3.8) is 0 Å². The Bertz CT molecular complexity index is 286. The third-order valence-electron chi connectivity index (χ3n) is 2.39. The first-order valence-corrected chi connectivity index (χ1v) is 5.38. The molecule has 0 unspecified atom stereocenters. The first-order chi connectivity index (χ1) is 6.34. The monoisotopic (exact) mass is 241 g/mol. The average Bonchev–Trinajstić information content (AvgIpc) is 2.01. The molecule has 0 atom stereocenters. The van der Waals surface area contributed by atoms with E-state index in [-0.39, 0.29) is 0 Å². The molecule has 0 saturated heterocycles. The van der Waals surface area contributed by atoms with Crippen molar-refractivity contribution in [2.24, 2.45) is 5.92 Å². The predicted octanol–water partition coefficient (Wildman–Crippen LogP) is 3.02. The van der Waals surface area contributed by atoms with Gasteiger partial charge in [-0.05, 0) is 24.8 Å². The molecule has 0 aromatic carbocycles. The number of halogens is 1. The summed E-state index contributed by atoms with van der Waals surface area (Å²) in [4.78, 5) is 4.12. The van der Waals surface area contributed by atoms with E-state index in [1.54, 1.807) is 6.20 Å². The quantitative estimate of drug-likeness (QED) is 0.812. The van der Waals surface area contributed by atoms with E-state index < -0.39 is 0 Å². The van der Waals surface area contributed by atoms with Gasteiger partial charge in [0.15, 0.2) is 0 Å². The molecule has 1 aliphatic carbocycles. The van der Waals surface area contributed by atoms with Crippen molar-refractivity contribution >= 4 is 15.9 Å². The van der Waals surface area contributed by atoms with Gasteiger partial charge in [0.1, 0.15) is 0 Å². The molecule has 1 fully saturated rings. The number of hydrogen-bond acceptors (Lipinski definition) is 2. The van der Waals surface area contributed by atoms with Crippen molar-refractivity contribution in [1.82, 2.24) is 4.98 Å². The second-order valence-electron chi connectivity index (χ2n) is 3.42. The molecule has 0 bridgehead atoms. The molecule has 1 aromatic rings. The standard InChI is InChI=1S/C10H12BrNO/c11-9-4-5-12-10(6-9)13-7-8-2-1-3-8/h4-6,8H,1-3,7H2. The van der Waals surface area contributed by atoms with Gasteiger partial charge in [0.2, 0.25) is 5.88 Å². The number of ether oxygens (including phenoxy) is 1. The van der Waals surface area contributed by atoms with Gasteiger partial charge in [-0.15, -0.1) is 0 Å². The lowest BCUT2D eigenvalue weighted by molar-refractivity contribution is 0.175. The minimum absolute atomic E-state index is 0.723. The van der Waals surface area contributed by atoms with Crippen molar-refractivity contribution in [3.8, 4) is 5.88 Å². The molecular formula is C10H12BrNO. The fraction of sp³-hybridized carbons (Fsp3) is 0.500. The van der Waals surface area contributed by atoms with Crippen molar-refractivity contribution in [2.45, 2.75) is 19.3 Å². The van der Waals surface area contributed by atoms with Crippen LogP contribution < -0.4 is 4.74 Å². The maximum atomic E-state index is 5.55. The van der Waals surface area contributed by atoms with Crippen LogP contribution in [0.15, 0.2) is 22.8 Å². The zero-order valence-electron chi connectivity index (χ0n) is 7.37. The van der Waals surface area contributed by atoms with Crippen LogP contribution in [0.3, 0.4) is 0 Å². The number of aromatic nitrogens is 1. The van der Waals surface area contributed by atoms with Crippen molar-refractivity contribution in [3.05, 3.63) is 22.8 Å². The number of hydrogen-bond donors (Lipinski definition) is 0. The molecule has 1 aromatic heterocycles. The smallest absolute Gasteiger partial charge is 0.214 e. The highest BCUT2D eigenvalue weighted by Crippen LogP contribution is 2.27. The Morgan fingerprint density at radius 1 is 1.54 bits per heavy atom. The Morgan fingerprint density at radius 2 is 2.38 bits per heavy atom. The maximum absolute atomic E-state index is 5.55. The van der Waals surface area contributed by atoms with Crippen molar-refractivity contribution in [1.29, 1.82) is 0 Å². The zero-order valence-corrected chi connectivity index (χ0v) is 8.96. The number of pyridine rings is 1. The van der Waals surface area contributed by atoms with Crippen LogP contribution in [0.5, 0.6) is 5.88 Å². The Kier molecular flexibility index (Phi) is 2.83. The first kappa shape index (κ1) is 9.00. The van der Waals surface area contributed by atoms with E-state index in [0.717, 1.165) is 22.9 Å². The summed E-state index contributed by atoms with van der Waals surface area (Å²) < 4.78 is 6.57. The lowest BCUT2D eigenvalue weighted by Crippen LogP contribution is -2.19. The lowest BCUT2D eigenvalue weighted by atomic mass is 9.86. The minimum Gasteiger partial charge on any atom is -0.477 e. The zero-order chi connectivity index (χ0) is 9.10. The van der Waals surface area contributed by atoms with E-state index in [9.17, 15) is 0 Å². The van der Waals surface area contributed by atoms with Gasteiger partial charge in [-0.3, -0.25) is 0 Å². The topological polar surface area (TPSA) is 22.1 Å². The molecule has 3 heteroatoms. The Balaban J connectivity index is 1.86. The lowest BCUT2D eigenvalue weighted by Gasteiger charge is -2.24. The van der Waals surface area contributed by atoms with Crippen molar-refractivity contribution in [2.75, 3.05) is 6.61 Å². The summed E-state index contributed by atoms with van der Waals surface area (Å²) >= 11 is 3.38. The van der Waals surface area contributed by atoms with Gasteiger partial charge >= 0.3 is 0 Å².